The van der Waals surface area contributed by atoms with E-state index in [1.807, 2.05) is 24.3 Å². The van der Waals surface area contributed by atoms with Gasteiger partial charge in [0.15, 0.2) is 11.5 Å². The van der Waals surface area contributed by atoms with E-state index >= 15 is 0 Å². The van der Waals surface area contributed by atoms with Gasteiger partial charge < -0.3 is 9.47 Å². The van der Waals surface area contributed by atoms with E-state index in [0.29, 0.717) is 0 Å². The van der Waals surface area contributed by atoms with Crippen molar-refractivity contribution in [3.63, 3.8) is 0 Å². The van der Waals surface area contributed by atoms with E-state index in [4.69, 9.17) is 9.47 Å². The molecule has 0 saturated heterocycles. The summed E-state index contributed by atoms with van der Waals surface area (Å²) in [5.41, 5.74) is 1.86. The van der Waals surface area contributed by atoms with Crippen LogP contribution in [0.1, 0.15) is 230 Å². The van der Waals surface area contributed by atoms with Crippen LogP contribution < -0.4 is 9.47 Å². The molecule has 52 heavy (non-hydrogen) atoms. The summed E-state index contributed by atoms with van der Waals surface area (Å²) in [6.45, 7) is 6.07. The molecule has 3 heteroatoms. The lowest BCUT2D eigenvalue weighted by atomic mass is 10.0. The number of rotatable bonds is 36. The molecule has 0 bridgehead atoms. The highest BCUT2D eigenvalue weighted by Gasteiger charge is 2.07. The van der Waals surface area contributed by atoms with Gasteiger partial charge in [0, 0.05) is 23.5 Å². The Morgan fingerprint density at radius 3 is 1.15 bits per heavy atom. The number of ether oxygens (including phenoxy) is 2. The summed E-state index contributed by atoms with van der Waals surface area (Å²) in [7, 11) is 0. The minimum atomic E-state index is 0.730. The fraction of sp³-hybridized carbons (Fsp3) is 0.735. The van der Waals surface area contributed by atoms with Crippen molar-refractivity contribution in [3.8, 4) is 23.3 Å². The number of unbranched alkanes of at least 4 members (excludes halogenated alkanes) is 30. The summed E-state index contributed by atoms with van der Waals surface area (Å²) in [5, 5.41) is 0. The summed E-state index contributed by atoms with van der Waals surface area (Å²) in [5.74, 6) is 8.20. The van der Waals surface area contributed by atoms with Crippen LogP contribution in [0.4, 0.5) is 0 Å². The maximum Gasteiger partial charge on any atom is 0.162 e. The molecule has 0 amide bonds. The van der Waals surface area contributed by atoms with Gasteiger partial charge in [0.05, 0.1) is 13.2 Å². The quantitative estimate of drug-likeness (QED) is 0.0520. The number of hydrogen-bond donors (Lipinski definition) is 0. The van der Waals surface area contributed by atoms with E-state index in [9.17, 15) is 0 Å². The van der Waals surface area contributed by atoms with Crippen LogP contribution in [-0.4, -0.2) is 18.2 Å². The third kappa shape index (κ3) is 27.2. The summed E-state index contributed by atoms with van der Waals surface area (Å²) < 4.78 is 12.6. The number of aromatic nitrogens is 1. The van der Waals surface area contributed by atoms with E-state index in [0.717, 1.165) is 48.7 Å². The van der Waals surface area contributed by atoms with Crippen LogP contribution in [0, 0.1) is 11.8 Å². The second-order valence-electron chi connectivity index (χ2n) is 15.5. The van der Waals surface area contributed by atoms with Crippen LogP contribution in [0.5, 0.6) is 11.5 Å². The molecule has 2 rings (SSSR count). The Balaban J connectivity index is 1.57. The minimum Gasteiger partial charge on any atom is -0.490 e. The summed E-state index contributed by atoms with van der Waals surface area (Å²) in [6, 6.07) is 10.1. The predicted octanol–water partition coefficient (Wildman–Crippen LogP) is 15.8. The second-order valence-corrected chi connectivity index (χ2v) is 15.5. The van der Waals surface area contributed by atoms with Crippen LogP contribution in [0.25, 0.3) is 0 Å². The molecule has 294 valence electrons. The third-order valence-electron chi connectivity index (χ3n) is 10.5. The summed E-state index contributed by atoms with van der Waals surface area (Å²) in [6.07, 6.45) is 47.7. The predicted molar refractivity (Wildman–Crippen MR) is 227 cm³/mol. The van der Waals surface area contributed by atoms with E-state index in [1.54, 1.807) is 12.4 Å². The lowest BCUT2D eigenvalue weighted by Gasteiger charge is -2.13. The van der Waals surface area contributed by atoms with Crippen molar-refractivity contribution < 1.29 is 9.47 Å². The normalized spacial score (nSPS) is 11.0. The second kappa shape index (κ2) is 35.6. The van der Waals surface area contributed by atoms with E-state index < -0.39 is 0 Å². The molecule has 0 fully saturated rings. The lowest BCUT2D eigenvalue weighted by Crippen LogP contribution is -2.03. The van der Waals surface area contributed by atoms with E-state index in [2.05, 4.69) is 36.7 Å². The fourth-order valence-corrected chi connectivity index (χ4v) is 7.06. The van der Waals surface area contributed by atoms with Gasteiger partial charge in [0.1, 0.15) is 0 Å². The van der Waals surface area contributed by atoms with Crippen molar-refractivity contribution in [2.45, 2.75) is 219 Å². The number of pyridine rings is 1. The van der Waals surface area contributed by atoms with Crippen LogP contribution in [-0.2, 0) is 0 Å². The standard InChI is InChI=1S/C49H81NO2/c1-3-5-7-9-11-13-15-17-19-21-23-25-27-29-31-33-42-51-48-40-39-46(37-38-47-36-35-41-50-45-47)44-49(48)52-43-34-32-30-28-26-24-22-20-18-16-14-12-10-8-6-4-2/h35-36,39-41,44-45H,3-34,42-43H2,1-2H3. The van der Waals surface area contributed by atoms with Crippen LogP contribution in [0.2, 0.25) is 0 Å². The number of nitrogens with zero attached hydrogens (tertiary/aromatic N) is 1. The molecule has 1 heterocycles. The van der Waals surface area contributed by atoms with Gasteiger partial charge in [-0.3, -0.25) is 4.98 Å². The first-order chi connectivity index (χ1) is 25.8. The fourth-order valence-electron chi connectivity index (χ4n) is 7.06. The minimum absolute atomic E-state index is 0.730. The Bertz CT molecular complexity index is 1100. The van der Waals surface area contributed by atoms with Crippen LogP contribution in [0.15, 0.2) is 42.7 Å². The average molecular weight is 716 g/mol. The highest BCUT2D eigenvalue weighted by Crippen LogP contribution is 2.29. The van der Waals surface area contributed by atoms with Crippen molar-refractivity contribution in [2.24, 2.45) is 0 Å². The van der Waals surface area contributed by atoms with Crippen molar-refractivity contribution >= 4 is 0 Å². The monoisotopic (exact) mass is 716 g/mol. The Labute approximate surface area is 323 Å². The van der Waals surface area contributed by atoms with Gasteiger partial charge in [-0.1, -0.05) is 218 Å². The molecule has 2 aromatic rings. The van der Waals surface area contributed by atoms with Gasteiger partial charge in [-0.15, -0.1) is 0 Å². The largest absolute Gasteiger partial charge is 0.490 e. The molecule has 0 aliphatic rings. The molecule has 0 aliphatic heterocycles. The first-order valence-electron chi connectivity index (χ1n) is 22.6. The molecule has 0 saturated carbocycles. The average Bonchev–Trinajstić information content (AvgIpc) is 3.17. The third-order valence-corrected chi connectivity index (χ3v) is 10.5. The molecule has 0 unspecified atom stereocenters. The first-order valence-corrected chi connectivity index (χ1v) is 22.6. The molecule has 0 radical (unpaired) electrons. The molecule has 0 atom stereocenters. The van der Waals surface area contributed by atoms with Gasteiger partial charge >= 0.3 is 0 Å². The Morgan fingerprint density at radius 1 is 0.404 bits per heavy atom. The summed E-state index contributed by atoms with van der Waals surface area (Å²) in [4.78, 5) is 4.18. The van der Waals surface area contributed by atoms with Crippen molar-refractivity contribution in [1.29, 1.82) is 0 Å². The molecule has 0 spiro atoms. The molecule has 0 N–H and O–H groups in total. The molecular formula is C49H81NO2. The smallest absolute Gasteiger partial charge is 0.162 e. The highest BCUT2D eigenvalue weighted by atomic mass is 16.5. The molecule has 0 aliphatic carbocycles. The number of hydrogen-bond acceptors (Lipinski definition) is 3. The first kappa shape index (κ1) is 45.7. The zero-order chi connectivity index (χ0) is 36.8. The lowest BCUT2D eigenvalue weighted by molar-refractivity contribution is 0.258. The van der Waals surface area contributed by atoms with Crippen LogP contribution >= 0.6 is 0 Å². The van der Waals surface area contributed by atoms with E-state index in [1.165, 1.54) is 193 Å². The maximum atomic E-state index is 6.33. The molecular weight excluding hydrogens is 635 g/mol. The van der Waals surface area contributed by atoms with Gasteiger partial charge in [-0.05, 0) is 43.2 Å². The Kier molecular flexibility index (Phi) is 31.2. The molecule has 1 aromatic heterocycles. The van der Waals surface area contributed by atoms with Crippen molar-refractivity contribution in [3.05, 3.63) is 53.9 Å². The SMILES string of the molecule is CCCCCCCCCCCCCCCCCCOc1ccc(C#Cc2cccnc2)cc1OCCCCCCCCCCCCCCCCCC. The summed E-state index contributed by atoms with van der Waals surface area (Å²) >= 11 is 0. The van der Waals surface area contributed by atoms with Crippen molar-refractivity contribution in [2.75, 3.05) is 13.2 Å². The highest BCUT2D eigenvalue weighted by molar-refractivity contribution is 5.50. The topological polar surface area (TPSA) is 31.4 Å². The van der Waals surface area contributed by atoms with Crippen LogP contribution in [0.3, 0.4) is 0 Å². The Hall–Kier alpha value is -2.47. The van der Waals surface area contributed by atoms with Gasteiger partial charge in [-0.2, -0.15) is 0 Å². The van der Waals surface area contributed by atoms with Gasteiger partial charge in [0.2, 0.25) is 0 Å². The zero-order valence-electron chi connectivity index (χ0n) is 34.3. The number of benzene rings is 1. The maximum absolute atomic E-state index is 6.33. The zero-order valence-corrected chi connectivity index (χ0v) is 34.3. The Morgan fingerprint density at radius 2 is 0.769 bits per heavy atom. The van der Waals surface area contributed by atoms with Gasteiger partial charge in [0.25, 0.3) is 0 Å². The van der Waals surface area contributed by atoms with E-state index in [-0.39, 0.29) is 0 Å². The molecule has 1 aromatic carbocycles. The molecule has 3 nitrogen and oxygen atoms in total. The van der Waals surface area contributed by atoms with Crippen molar-refractivity contribution in [1.82, 2.24) is 4.98 Å². The van der Waals surface area contributed by atoms with Gasteiger partial charge in [-0.25, -0.2) is 0 Å².